The topological polar surface area (TPSA) is 100 Å². The van der Waals surface area contributed by atoms with Crippen molar-refractivity contribution in [3.8, 4) is 17.2 Å². The smallest absolute Gasteiger partial charge is 0.490 e. The van der Waals surface area contributed by atoms with Crippen molar-refractivity contribution < 1.29 is 37.7 Å². The zero-order valence-electron chi connectivity index (χ0n) is 19.0. The number of phenolic OH excluding ortho intramolecular Hbond substituents is 1. The predicted molar refractivity (Wildman–Crippen MR) is 121 cm³/mol. The standard InChI is InChI=1S/C23H26N2O3.C2HF3O2/c26-20-12-17-14(9-18-16-3-1-2-6-23(16,17)7-8-24-18)10-19(20)25-15-4-5-21-22(11-15)28-13-27-21;3-2(4,5)1(6)7/h4-5,10-12,16,18,24-26H,1-3,6-9,13H2;(H,6,7)/t16-,18+,23+;/m1./s1. The van der Waals surface area contributed by atoms with Crippen molar-refractivity contribution in [2.24, 2.45) is 5.92 Å². The lowest BCUT2D eigenvalue weighted by molar-refractivity contribution is -0.192. The minimum absolute atomic E-state index is 0.260. The number of piperidine rings is 1. The Kier molecular flexibility index (Phi) is 5.94. The molecule has 2 aliphatic carbocycles. The number of carbonyl (C=O) groups is 1. The van der Waals surface area contributed by atoms with Crippen molar-refractivity contribution in [1.29, 1.82) is 0 Å². The first kappa shape index (κ1) is 23.6. The van der Waals surface area contributed by atoms with Gasteiger partial charge in [-0.1, -0.05) is 12.8 Å². The van der Waals surface area contributed by atoms with Gasteiger partial charge in [-0.15, -0.1) is 0 Å². The van der Waals surface area contributed by atoms with Crippen LogP contribution < -0.4 is 20.1 Å². The van der Waals surface area contributed by atoms with E-state index in [2.05, 4.69) is 22.8 Å². The van der Waals surface area contributed by atoms with E-state index in [1.165, 1.54) is 43.2 Å². The summed E-state index contributed by atoms with van der Waals surface area (Å²) in [7, 11) is 0. The number of hydrogen-bond acceptors (Lipinski definition) is 6. The Balaban J connectivity index is 0.000000320. The third kappa shape index (κ3) is 4.35. The number of rotatable bonds is 2. The number of fused-ring (bicyclic) bond motifs is 2. The van der Waals surface area contributed by atoms with Crippen LogP contribution >= 0.6 is 0 Å². The fourth-order valence-corrected chi connectivity index (χ4v) is 6.20. The van der Waals surface area contributed by atoms with E-state index in [1.807, 2.05) is 18.2 Å². The molecule has 0 unspecified atom stereocenters. The van der Waals surface area contributed by atoms with Crippen molar-refractivity contribution in [3.63, 3.8) is 0 Å². The van der Waals surface area contributed by atoms with Crippen LogP contribution in [0.1, 0.15) is 43.2 Å². The molecule has 0 radical (unpaired) electrons. The lowest BCUT2D eigenvalue weighted by atomic mass is 9.53. The fraction of sp³-hybridized carbons (Fsp3) is 0.480. The van der Waals surface area contributed by atoms with Crippen LogP contribution in [0.3, 0.4) is 0 Å². The molecule has 0 spiro atoms. The van der Waals surface area contributed by atoms with Crippen molar-refractivity contribution >= 4 is 17.3 Å². The number of benzene rings is 2. The highest BCUT2D eigenvalue weighted by Gasteiger charge is 2.51. The SMILES string of the molecule is O=C(O)C(F)(F)F.Oc1cc2c(cc1Nc1ccc3c(c1)OCO3)C[C@@H]1NCC[C@]23CCCC[C@H]13. The first-order valence-electron chi connectivity index (χ1n) is 11.7. The largest absolute Gasteiger partial charge is 0.506 e. The molecule has 0 amide bonds. The Bertz CT molecular complexity index is 1130. The summed E-state index contributed by atoms with van der Waals surface area (Å²) >= 11 is 0. The number of halogens is 3. The Hall–Kier alpha value is -3.14. The van der Waals surface area contributed by atoms with Gasteiger partial charge in [-0.2, -0.15) is 13.2 Å². The number of nitrogens with one attached hydrogen (secondary N) is 2. The van der Waals surface area contributed by atoms with Crippen LogP contribution in [0.2, 0.25) is 0 Å². The predicted octanol–water partition coefficient (Wildman–Crippen LogP) is 4.84. The molecule has 1 saturated heterocycles. The molecule has 2 aliphatic heterocycles. The second kappa shape index (κ2) is 8.82. The quantitative estimate of drug-likeness (QED) is 0.445. The molecule has 3 atom stereocenters. The molecule has 7 nitrogen and oxygen atoms in total. The maximum absolute atomic E-state index is 10.9. The summed E-state index contributed by atoms with van der Waals surface area (Å²) in [6.07, 6.45) is 2.38. The molecule has 2 aromatic carbocycles. The van der Waals surface area contributed by atoms with Gasteiger partial charge in [0.15, 0.2) is 11.5 Å². The molecule has 4 aliphatic rings. The molecule has 2 aromatic rings. The molecule has 188 valence electrons. The van der Waals surface area contributed by atoms with E-state index in [0.717, 1.165) is 41.8 Å². The maximum atomic E-state index is 10.9. The van der Waals surface area contributed by atoms with Crippen LogP contribution in [0.15, 0.2) is 30.3 Å². The van der Waals surface area contributed by atoms with Crippen molar-refractivity contribution in [2.75, 3.05) is 18.7 Å². The number of hydrogen-bond donors (Lipinski definition) is 4. The zero-order chi connectivity index (χ0) is 24.8. The Morgan fingerprint density at radius 3 is 2.66 bits per heavy atom. The molecule has 10 heteroatoms. The third-order valence-electron chi connectivity index (χ3n) is 7.65. The highest BCUT2D eigenvalue weighted by Crippen LogP contribution is 2.55. The molecule has 2 fully saturated rings. The minimum atomic E-state index is -5.08. The van der Waals surface area contributed by atoms with E-state index in [-0.39, 0.29) is 12.2 Å². The van der Waals surface area contributed by atoms with E-state index in [0.29, 0.717) is 11.8 Å². The number of anilines is 2. The highest BCUT2D eigenvalue weighted by molar-refractivity contribution is 5.73. The van der Waals surface area contributed by atoms with E-state index in [1.54, 1.807) is 0 Å². The summed E-state index contributed by atoms with van der Waals surface area (Å²) in [5, 5.41) is 25.2. The fourth-order valence-electron chi connectivity index (χ4n) is 6.20. The second-order valence-electron chi connectivity index (χ2n) is 9.55. The number of carboxylic acids is 1. The van der Waals surface area contributed by atoms with Gasteiger partial charge in [0.1, 0.15) is 5.75 Å². The molecule has 2 bridgehead atoms. The van der Waals surface area contributed by atoms with Crippen molar-refractivity contribution in [1.82, 2.24) is 5.32 Å². The normalized spacial score (nSPS) is 26.0. The summed E-state index contributed by atoms with van der Waals surface area (Å²) in [6, 6.07) is 10.6. The Morgan fingerprint density at radius 2 is 1.89 bits per heavy atom. The van der Waals surface area contributed by atoms with Crippen molar-refractivity contribution in [2.45, 2.75) is 56.2 Å². The zero-order valence-corrected chi connectivity index (χ0v) is 19.0. The van der Waals surface area contributed by atoms with Gasteiger partial charge in [-0.3, -0.25) is 0 Å². The monoisotopic (exact) mass is 492 g/mol. The van der Waals surface area contributed by atoms with Crippen molar-refractivity contribution in [3.05, 3.63) is 41.5 Å². The molecule has 2 heterocycles. The van der Waals surface area contributed by atoms with E-state index < -0.39 is 12.1 Å². The number of aliphatic carboxylic acids is 1. The van der Waals surface area contributed by atoms with Gasteiger partial charge in [0.05, 0.1) is 5.69 Å². The first-order chi connectivity index (χ1) is 16.7. The summed E-state index contributed by atoms with van der Waals surface area (Å²) in [4.78, 5) is 8.90. The molecule has 0 aromatic heterocycles. The van der Waals surface area contributed by atoms with Gasteiger partial charge < -0.3 is 30.3 Å². The lowest BCUT2D eigenvalue weighted by Crippen LogP contribution is -2.59. The van der Waals surface area contributed by atoms with Crippen LogP contribution in [0.25, 0.3) is 0 Å². The molecule has 35 heavy (non-hydrogen) atoms. The van der Waals surface area contributed by atoms with E-state index in [4.69, 9.17) is 19.4 Å². The summed E-state index contributed by atoms with van der Waals surface area (Å²) < 4.78 is 42.6. The van der Waals surface area contributed by atoms with Crippen LogP contribution in [0, 0.1) is 5.92 Å². The van der Waals surface area contributed by atoms with Crippen LogP contribution in [0.5, 0.6) is 17.2 Å². The molecule has 1 saturated carbocycles. The Labute approximate surface area is 200 Å². The highest BCUT2D eigenvalue weighted by atomic mass is 19.4. The Morgan fingerprint density at radius 1 is 1.11 bits per heavy atom. The average Bonchev–Trinajstić information content (AvgIpc) is 3.28. The average molecular weight is 492 g/mol. The number of aromatic hydroxyl groups is 1. The summed E-state index contributed by atoms with van der Waals surface area (Å²) in [5.74, 6) is -0.194. The van der Waals surface area contributed by atoms with Crippen LogP contribution in [-0.4, -0.2) is 41.7 Å². The minimum Gasteiger partial charge on any atom is -0.506 e. The van der Waals surface area contributed by atoms with Gasteiger partial charge in [0, 0.05) is 23.2 Å². The maximum Gasteiger partial charge on any atom is 0.490 e. The number of alkyl halides is 3. The summed E-state index contributed by atoms with van der Waals surface area (Å²) in [5.41, 5.74) is 4.71. The van der Waals surface area contributed by atoms with Gasteiger partial charge in [-0.25, -0.2) is 4.79 Å². The summed E-state index contributed by atoms with van der Waals surface area (Å²) in [6.45, 7) is 1.36. The van der Waals surface area contributed by atoms with Gasteiger partial charge in [-0.05, 0) is 73.5 Å². The lowest BCUT2D eigenvalue weighted by Gasteiger charge is -2.56. The molecule has 4 N–H and O–H groups in total. The number of phenols is 1. The molecule has 6 rings (SSSR count). The number of ether oxygens (including phenoxy) is 2. The number of carboxylic acid groups (broad SMARTS) is 1. The van der Waals surface area contributed by atoms with E-state index in [9.17, 15) is 18.3 Å². The van der Waals surface area contributed by atoms with Crippen LogP contribution in [0.4, 0.5) is 24.5 Å². The second-order valence-corrected chi connectivity index (χ2v) is 9.55. The molecular weight excluding hydrogens is 465 g/mol. The van der Waals surface area contributed by atoms with Gasteiger partial charge in [0.2, 0.25) is 6.79 Å². The first-order valence-corrected chi connectivity index (χ1v) is 11.7. The van der Waals surface area contributed by atoms with Crippen LogP contribution in [-0.2, 0) is 16.6 Å². The molecular formula is C25H27F3N2O5. The van der Waals surface area contributed by atoms with Gasteiger partial charge >= 0.3 is 12.1 Å². The van der Waals surface area contributed by atoms with E-state index >= 15 is 0 Å². The third-order valence-corrected chi connectivity index (χ3v) is 7.65. The van der Waals surface area contributed by atoms with Gasteiger partial charge in [0.25, 0.3) is 0 Å².